The highest BCUT2D eigenvalue weighted by Crippen LogP contribution is 2.27. The smallest absolute Gasteiger partial charge is 0.249 e. The molecule has 3 rings (SSSR count). The number of anilines is 3. The maximum absolute atomic E-state index is 5.37. The molecule has 1 aromatic heterocycles. The number of hydrogen-bond acceptors (Lipinski definition) is 6. The van der Waals surface area contributed by atoms with Crippen LogP contribution < -0.4 is 15.0 Å². The van der Waals surface area contributed by atoms with Gasteiger partial charge in [-0.15, -0.1) is 5.10 Å². The van der Waals surface area contributed by atoms with Gasteiger partial charge in [0.1, 0.15) is 5.75 Å². The van der Waals surface area contributed by atoms with Crippen LogP contribution >= 0.6 is 0 Å². The number of nitrogens with one attached hydrogen (secondary N) is 1. The van der Waals surface area contributed by atoms with Gasteiger partial charge in [0.05, 0.1) is 19.0 Å². The van der Waals surface area contributed by atoms with Crippen molar-refractivity contribution in [1.82, 2.24) is 15.2 Å². The first-order chi connectivity index (χ1) is 10.8. The molecule has 0 saturated carbocycles. The van der Waals surface area contributed by atoms with Crippen molar-refractivity contribution in [2.24, 2.45) is 0 Å². The molecule has 2 heterocycles. The predicted molar refractivity (Wildman–Crippen MR) is 86.9 cm³/mol. The fraction of sp³-hybridized carbons (Fsp3) is 0.438. The first kappa shape index (κ1) is 14.6. The number of aromatic nitrogens is 3. The van der Waals surface area contributed by atoms with Crippen molar-refractivity contribution in [3.05, 3.63) is 30.0 Å². The molecular formula is C16H21N5O. The van der Waals surface area contributed by atoms with Crippen LogP contribution in [0, 0.1) is 6.92 Å². The number of nitrogens with zero attached hydrogens (tertiary/aromatic N) is 4. The maximum atomic E-state index is 5.37. The summed E-state index contributed by atoms with van der Waals surface area (Å²) in [6.45, 7) is 4.10. The van der Waals surface area contributed by atoms with Crippen LogP contribution in [0.5, 0.6) is 5.75 Å². The van der Waals surface area contributed by atoms with Gasteiger partial charge in [-0.2, -0.15) is 10.1 Å². The summed E-state index contributed by atoms with van der Waals surface area (Å²) < 4.78 is 5.37. The first-order valence-corrected chi connectivity index (χ1v) is 7.62. The lowest BCUT2D eigenvalue weighted by atomic mass is 10.1. The summed E-state index contributed by atoms with van der Waals surface area (Å²) in [5.41, 5.74) is 1.99. The van der Waals surface area contributed by atoms with Gasteiger partial charge in [-0.25, -0.2) is 0 Å². The van der Waals surface area contributed by atoms with Crippen molar-refractivity contribution >= 4 is 17.5 Å². The van der Waals surface area contributed by atoms with Crippen molar-refractivity contribution in [2.75, 3.05) is 30.4 Å². The van der Waals surface area contributed by atoms with Crippen LogP contribution in [0.2, 0.25) is 0 Å². The zero-order valence-corrected chi connectivity index (χ0v) is 13.0. The number of rotatable bonds is 4. The van der Waals surface area contributed by atoms with Gasteiger partial charge in [0, 0.05) is 13.1 Å². The molecular weight excluding hydrogens is 278 g/mol. The molecule has 1 aliphatic rings. The Morgan fingerprint density at radius 1 is 1.18 bits per heavy atom. The largest absolute Gasteiger partial charge is 0.495 e. The Kier molecular flexibility index (Phi) is 4.37. The minimum absolute atomic E-state index is 0.493. The molecule has 0 radical (unpaired) electrons. The van der Waals surface area contributed by atoms with Crippen molar-refractivity contribution in [2.45, 2.75) is 26.2 Å². The molecule has 1 saturated heterocycles. The molecule has 22 heavy (non-hydrogen) atoms. The molecule has 0 bridgehead atoms. The Labute approximate surface area is 130 Å². The van der Waals surface area contributed by atoms with Crippen LogP contribution in [0.15, 0.2) is 24.4 Å². The summed E-state index contributed by atoms with van der Waals surface area (Å²) in [5.74, 6) is 2.13. The molecule has 1 N–H and O–H groups in total. The van der Waals surface area contributed by atoms with Gasteiger partial charge in [-0.1, -0.05) is 6.07 Å². The zero-order chi connectivity index (χ0) is 15.4. The van der Waals surface area contributed by atoms with Crippen LogP contribution in [0.4, 0.5) is 17.5 Å². The summed E-state index contributed by atoms with van der Waals surface area (Å²) in [7, 11) is 1.65. The molecule has 1 aliphatic heterocycles. The van der Waals surface area contributed by atoms with Crippen molar-refractivity contribution in [1.29, 1.82) is 0 Å². The Balaban J connectivity index is 1.82. The molecule has 0 aliphatic carbocycles. The van der Waals surface area contributed by atoms with E-state index in [1.807, 2.05) is 25.1 Å². The second-order valence-corrected chi connectivity index (χ2v) is 5.51. The second-order valence-electron chi connectivity index (χ2n) is 5.51. The molecule has 6 heteroatoms. The van der Waals surface area contributed by atoms with E-state index in [2.05, 4.69) is 25.4 Å². The lowest BCUT2D eigenvalue weighted by molar-refractivity contribution is 0.416. The van der Waals surface area contributed by atoms with Gasteiger partial charge in [0.15, 0.2) is 5.82 Å². The quantitative estimate of drug-likeness (QED) is 0.936. The monoisotopic (exact) mass is 299 g/mol. The third-order valence-electron chi connectivity index (χ3n) is 3.83. The van der Waals surface area contributed by atoms with Crippen molar-refractivity contribution in [3.8, 4) is 5.75 Å². The summed E-state index contributed by atoms with van der Waals surface area (Å²) in [6.07, 6.45) is 5.43. The van der Waals surface area contributed by atoms with E-state index in [-0.39, 0.29) is 0 Å². The zero-order valence-electron chi connectivity index (χ0n) is 13.0. The number of ether oxygens (including phenoxy) is 1. The highest BCUT2D eigenvalue weighted by Gasteiger charge is 2.14. The molecule has 0 amide bonds. The van der Waals surface area contributed by atoms with Crippen LogP contribution in [0.25, 0.3) is 0 Å². The normalized spacial score (nSPS) is 14.7. The molecule has 0 unspecified atom stereocenters. The molecule has 2 aromatic rings. The minimum atomic E-state index is 0.493. The van der Waals surface area contributed by atoms with Crippen molar-refractivity contribution < 1.29 is 4.74 Å². The predicted octanol–water partition coefficient (Wildman–Crippen LogP) is 2.92. The molecule has 1 fully saturated rings. The topological polar surface area (TPSA) is 63.2 Å². The number of benzene rings is 1. The van der Waals surface area contributed by atoms with Crippen LogP contribution in [0.3, 0.4) is 0 Å². The number of hydrogen-bond donors (Lipinski definition) is 1. The van der Waals surface area contributed by atoms with E-state index in [9.17, 15) is 0 Å². The minimum Gasteiger partial charge on any atom is -0.495 e. The second kappa shape index (κ2) is 6.60. The van der Waals surface area contributed by atoms with E-state index >= 15 is 0 Å². The molecule has 0 atom stereocenters. The Morgan fingerprint density at radius 3 is 2.77 bits per heavy atom. The SMILES string of the molecule is COc1ccc(C)cc1Nc1nncc(N2CCCCC2)n1. The van der Waals surface area contributed by atoms with Gasteiger partial charge in [-0.05, 0) is 43.9 Å². The summed E-state index contributed by atoms with van der Waals surface area (Å²) in [6, 6.07) is 5.95. The molecule has 116 valence electrons. The third-order valence-corrected chi connectivity index (χ3v) is 3.83. The standard InChI is InChI=1S/C16H21N5O/c1-12-6-7-14(22-2)13(10-12)18-16-19-15(11-17-20-16)21-8-4-3-5-9-21/h6-7,10-11H,3-5,8-9H2,1-2H3,(H,18,19,20). The van der Waals surface area contributed by atoms with E-state index in [0.29, 0.717) is 5.95 Å². The first-order valence-electron chi connectivity index (χ1n) is 7.62. The highest BCUT2D eigenvalue weighted by atomic mass is 16.5. The van der Waals surface area contributed by atoms with E-state index in [1.165, 1.54) is 19.3 Å². The van der Waals surface area contributed by atoms with Crippen molar-refractivity contribution in [3.63, 3.8) is 0 Å². The van der Waals surface area contributed by atoms with Gasteiger partial charge in [-0.3, -0.25) is 0 Å². The summed E-state index contributed by atoms with van der Waals surface area (Å²) >= 11 is 0. The lowest BCUT2D eigenvalue weighted by Crippen LogP contribution is -2.30. The van der Waals surface area contributed by atoms with Gasteiger partial charge in [0.25, 0.3) is 0 Å². The number of piperidine rings is 1. The van der Waals surface area contributed by atoms with Crippen LogP contribution in [0.1, 0.15) is 24.8 Å². The Hall–Kier alpha value is -2.37. The molecule has 6 nitrogen and oxygen atoms in total. The third kappa shape index (κ3) is 3.27. The maximum Gasteiger partial charge on any atom is 0.249 e. The molecule has 1 aromatic carbocycles. The number of methoxy groups -OCH3 is 1. The van der Waals surface area contributed by atoms with Crippen LogP contribution in [-0.4, -0.2) is 35.4 Å². The van der Waals surface area contributed by atoms with Gasteiger partial charge < -0.3 is 15.0 Å². The van der Waals surface area contributed by atoms with E-state index < -0.39 is 0 Å². The highest BCUT2D eigenvalue weighted by molar-refractivity contribution is 5.64. The average molecular weight is 299 g/mol. The summed E-state index contributed by atoms with van der Waals surface area (Å²) in [4.78, 5) is 6.84. The lowest BCUT2D eigenvalue weighted by Gasteiger charge is -2.27. The summed E-state index contributed by atoms with van der Waals surface area (Å²) in [5, 5.41) is 11.4. The van der Waals surface area contributed by atoms with E-state index in [1.54, 1.807) is 13.3 Å². The van der Waals surface area contributed by atoms with Gasteiger partial charge in [0.2, 0.25) is 5.95 Å². The molecule has 0 spiro atoms. The van der Waals surface area contributed by atoms with E-state index in [0.717, 1.165) is 35.9 Å². The Morgan fingerprint density at radius 2 is 2.00 bits per heavy atom. The number of aryl methyl sites for hydroxylation is 1. The van der Waals surface area contributed by atoms with E-state index in [4.69, 9.17) is 4.74 Å². The van der Waals surface area contributed by atoms with Gasteiger partial charge >= 0.3 is 0 Å². The average Bonchev–Trinajstić information content (AvgIpc) is 2.56. The van der Waals surface area contributed by atoms with Crippen LogP contribution in [-0.2, 0) is 0 Å². The fourth-order valence-electron chi connectivity index (χ4n) is 2.66. The Bertz CT molecular complexity index is 640. The fourth-order valence-corrected chi connectivity index (χ4v) is 2.66.